The third-order valence-corrected chi connectivity index (χ3v) is 15.3. The van der Waals surface area contributed by atoms with Gasteiger partial charge in [-0.1, -0.05) is 194 Å². The van der Waals surface area contributed by atoms with Crippen molar-refractivity contribution in [1.82, 2.24) is 9.13 Å². The van der Waals surface area contributed by atoms with Crippen molar-refractivity contribution in [1.29, 1.82) is 0 Å². The predicted octanol–water partition coefficient (Wildman–Crippen LogP) is 19.2. The largest absolute Gasteiger partial charge is 0.311 e. The van der Waals surface area contributed by atoms with Crippen LogP contribution in [0.5, 0.6) is 0 Å². The van der Waals surface area contributed by atoms with Gasteiger partial charge in [0.15, 0.2) is 0 Å². The first-order valence-corrected chi connectivity index (χ1v) is 25.2. The van der Waals surface area contributed by atoms with Gasteiger partial charge in [-0.05, 0) is 133 Å². The highest BCUT2D eigenvalue weighted by Crippen LogP contribution is 2.44. The zero-order valence-corrected chi connectivity index (χ0v) is 39.8. The molecule has 0 unspecified atom stereocenters. The Morgan fingerprint density at radius 1 is 0.233 bits per heavy atom. The van der Waals surface area contributed by atoms with E-state index < -0.39 is 0 Å². The maximum atomic E-state index is 2.42. The average molecular weight is 928 g/mol. The predicted molar refractivity (Wildman–Crippen MR) is 310 cm³/mol. The first-order valence-electron chi connectivity index (χ1n) is 25.2. The van der Waals surface area contributed by atoms with E-state index in [1.807, 2.05) is 0 Å². The van der Waals surface area contributed by atoms with Crippen LogP contribution in [0.3, 0.4) is 0 Å². The van der Waals surface area contributed by atoms with Crippen molar-refractivity contribution in [3.63, 3.8) is 0 Å². The van der Waals surface area contributed by atoms with Crippen LogP contribution >= 0.6 is 0 Å². The Balaban J connectivity index is 0.856. The van der Waals surface area contributed by atoms with Gasteiger partial charge in [-0.25, -0.2) is 0 Å². The molecule has 2 aromatic heterocycles. The molecule has 0 aliphatic carbocycles. The molecule has 3 heteroatoms. The summed E-state index contributed by atoms with van der Waals surface area (Å²) in [4.78, 5) is 2.39. The Labute approximate surface area is 422 Å². The second-order valence-corrected chi connectivity index (χ2v) is 19.2. The van der Waals surface area contributed by atoms with Crippen LogP contribution in [-0.2, 0) is 0 Å². The molecule has 13 aromatic carbocycles. The van der Waals surface area contributed by atoms with Crippen LogP contribution in [-0.4, -0.2) is 9.13 Å². The molecule has 15 rings (SSSR count). The Bertz CT molecular complexity index is 4290. The number of rotatable bonds is 8. The van der Waals surface area contributed by atoms with Crippen LogP contribution in [0.4, 0.5) is 17.1 Å². The summed E-state index contributed by atoms with van der Waals surface area (Å²) in [5.74, 6) is 0. The number of hydrogen-bond donors (Lipinski definition) is 0. The van der Waals surface area contributed by atoms with Crippen LogP contribution in [0, 0.1) is 0 Å². The monoisotopic (exact) mass is 927 g/mol. The van der Waals surface area contributed by atoms with Crippen LogP contribution < -0.4 is 4.90 Å². The molecule has 0 atom stereocenters. The Hall–Kier alpha value is -9.70. The van der Waals surface area contributed by atoms with Gasteiger partial charge in [-0.3, -0.25) is 0 Å². The third kappa shape index (κ3) is 6.46. The van der Waals surface area contributed by atoms with E-state index in [9.17, 15) is 0 Å². The smallest absolute Gasteiger partial charge is 0.0541 e. The van der Waals surface area contributed by atoms with Crippen molar-refractivity contribution in [2.45, 2.75) is 0 Å². The number of nitrogens with zero attached hydrogens (tertiary/aromatic N) is 3. The third-order valence-electron chi connectivity index (χ3n) is 15.3. The molecule has 0 spiro atoms. The first kappa shape index (κ1) is 41.1. The van der Waals surface area contributed by atoms with Crippen LogP contribution in [0.15, 0.2) is 273 Å². The first-order chi connectivity index (χ1) is 36.2. The molecule has 0 saturated heterocycles. The van der Waals surface area contributed by atoms with E-state index >= 15 is 0 Å². The lowest BCUT2D eigenvalue weighted by atomic mass is 9.89. The van der Waals surface area contributed by atoms with E-state index in [0.717, 1.165) is 39.6 Å². The average Bonchev–Trinajstić information content (AvgIpc) is 3.98. The Morgan fingerprint density at radius 2 is 0.575 bits per heavy atom. The lowest BCUT2D eigenvalue weighted by molar-refractivity contribution is 1.18. The molecule has 0 radical (unpaired) electrons. The Kier molecular flexibility index (Phi) is 9.26. The SMILES string of the molecule is c1ccc(-n2c3ccccc3c3ccccc32)c(-c2ccc(N(c3ccc(-c4ccccc4-n4c5ccccc5c5ccccc54)cc3)c3ccc(-c4cc5cccc6ccc7cccc4c7c65)cc3)cc2)c1. The van der Waals surface area contributed by atoms with Crippen LogP contribution in [0.1, 0.15) is 0 Å². The number of aromatic nitrogens is 2. The zero-order chi connectivity index (χ0) is 48.0. The van der Waals surface area contributed by atoms with E-state index in [1.165, 1.54) is 98.2 Å². The number of fused-ring (bicyclic) bond motifs is 6. The fourth-order valence-electron chi connectivity index (χ4n) is 12.0. The summed E-state index contributed by atoms with van der Waals surface area (Å²) in [6, 6.07) is 100. The molecule has 3 nitrogen and oxygen atoms in total. The molecule has 2 heterocycles. The van der Waals surface area contributed by atoms with Gasteiger partial charge < -0.3 is 14.0 Å². The molecule has 0 aliphatic rings. The van der Waals surface area contributed by atoms with Gasteiger partial charge in [0.2, 0.25) is 0 Å². The minimum absolute atomic E-state index is 1.08. The molecule has 0 amide bonds. The highest BCUT2D eigenvalue weighted by Gasteiger charge is 2.20. The molecule has 340 valence electrons. The van der Waals surface area contributed by atoms with Crippen molar-refractivity contribution < 1.29 is 0 Å². The second-order valence-electron chi connectivity index (χ2n) is 19.2. The summed E-state index contributed by atoms with van der Waals surface area (Å²) in [7, 11) is 0. The summed E-state index contributed by atoms with van der Waals surface area (Å²) in [6.45, 7) is 0. The minimum Gasteiger partial charge on any atom is -0.311 e. The molecule has 73 heavy (non-hydrogen) atoms. The van der Waals surface area contributed by atoms with Gasteiger partial charge in [-0.15, -0.1) is 0 Å². The minimum atomic E-state index is 1.08. The van der Waals surface area contributed by atoms with Crippen LogP contribution in [0.2, 0.25) is 0 Å². The Morgan fingerprint density at radius 3 is 1.03 bits per heavy atom. The topological polar surface area (TPSA) is 13.1 Å². The van der Waals surface area contributed by atoms with Gasteiger partial charge in [0, 0.05) is 49.7 Å². The highest BCUT2D eigenvalue weighted by atomic mass is 15.1. The lowest BCUT2D eigenvalue weighted by Crippen LogP contribution is -2.10. The van der Waals surface area contributed by atoms with Gasteiger partial charge in [0.1, 0.15) is 0 Å². The second kappa shape index (κ2) is 16.4. The maximum Gasteiger partial charge on any atom is 0.0541 e. The van der Waals surface area contributed by atoms with Gasteiger partial charge >= 0.3 is 0 Å². The molecular formula is C70H45N3. The van der Waals surface area contributed by atoms with Crippen molar-refractivity contribution in [2.24, 2.45) is 0 Å². The van der Waals surface area contributed by atoms with Crippen molar-refractivity contribution in [2.75, 3.05) is 4.90 Å². The van der Waals surface area contributed by atoms with E-state index in [-0.39, 0.29) is 0 Å². The van der Waals surface area contributed by atoms with E-state index in [2.05, 4.69) is 287 Å². The summed E-state index contributed by atoms with van der Waals surface area (Å²) >= 11 is 0. The van der Waals surface area contributed by atoms with Crippen molar-refractivity contribution in [3.8, 4) is 44.8 Å². The lowest BCUT2D eigenvalue weighted by Gasteiger charge is -2.26. The molecule has 0 aliphatic heterocycles. The van der Waals surface area contributed by atoms with Gasteiger partial charge in [0.05, 0.1) is 33.4 Å². The maximum absolute atomic E-state index is 2.42. The number of benzene rings is 13. The van der Waals surface area contributed by atoms with Gasteiger partial charge in [0.25, 0.3) is 0 Å². The zero-order valence-electron chi connectivity index (χ0n) is 39.8. The summed E-state index contributed by atoms with van der Waals surface area (Å²) < 4.78 is 4.84. The van der Waals surface area contributed by atoms with Crippen LogP contribution in [0.25, 0.3) is 121 Å². The molecule has 0 saturated carbocycles. The summed E-state index contributed by atoms with van der Waals surface area (Å²) in [5, 5.41) is 12.8. The fourth-order valence-corrected chi connectivity index (χ4v) is 12.0. The molecular weight excluding hydrogens is 883 g/mol. The fraction of sp³-hybridized carbons (Fsp3) is 0. The quantitative estimate of drug-likeness (QED) is 0.138. The van der Waals surface area contributed by atoms with E-state index in [1.54, 1.807) is 0 Å². The van der Waals surface area contributed by atoms with E-state index in [0.29, 0.717) is 0 Å². The number of hydrogen-bond acceptors (Lipinski definition) is 1. The number of anilines is 3. The molecule has 0 bridgehead atoms. The van der Waals surface area contributed by atoms with Crippen molar-refractivity contribution in [3.05, 3.63) is 273 Å². The summed E-state index contributed by atoms with van der Waals surface area (Å²) in [5.41, 5.74) is 17.4. The van der Waals surface area contributed by atoms with Crippen molar-refractivity contribution >= 4 is 93.0 Å². The van der Waals surface area contributed by atoms with Gasteiger partial charge in [-0.2, -0.15) is 0 Å². The molecule has 0 N–H and O–H groups in total. The standard InChI is InChI=1S/C70H45N3/c1-7-25-63(72-65-27-9-3-20-57(65)58-21-4-10-28-66(58)72)55(18-1)46-33-39-52(40-34-46)71(54-43-37-48(38-44-54)62-45-51-17-13-15-49-31-32-50-16-14-24-61(62)70(50)69(49)51)53-41-35-47(36-42-53)56-19-2-8-26-64(56)73-67-29-11-5-22-59(67)60-23-6-12-30-68(60)73/h1-45H. The summed E-state index contributed by atoms with van der Waals surface area (Å²) in [6.07, 6.45) is 0. The molecule has 0 fully saturated rings. The highest BCUT2D eigenvalue weighted by molar-refractivity contribution is 6.26. The number of para-hydroxylation sites is 6. The molecule has 15 aromatic rings. The normalized spacial score (nSPS) is 11.8. The van der Waals surface area contributed by atoms with E-state index in [4.69, 9.17) is 0 Å².